The Morgan fingerprint density at radius 2 is 1.76 bits per heavy atom. The molecule has 1 saturated carbocycles. The topological polar surface area (TPSA) is 26.0 Å². The molecule has 0 unspecified atom stereocenters. The van der Waals surface area contributed by atoms with Crippen LogP contribution in [0, 0.1) is 13.8 Å². The molecule has 5 rings (SSSR count). The lowest BCUT2D eigenvalue weighted by Crippen LogP contribution is -1.94. The Bertz CT molecular complexity index is 1210. The normalized spacial score (nSPS) is 15.2. The van der Waals surface area contributed by atoms with E-state index in [4.69, 9.17) is 9.40 Å². The number of nitrogens with zero attached hydrogens (tertiary/aromatic N) is 1. The van der Waals surface area contributed by atoms with Crippen molar-refractivity contribution in [3.8, 4) is 11.3 Å². The van der Waals surface area contributed by atoms with Crippen molar-refractivity contribution in [3.63, 3.8) is 0 Å². The highest BCUT2D eigenvalue weighted by atomic mass is 16.3. The van der Waals surface area contributed by atoms with Gasteiger partial charge in [-0.1, -0.05) is 44.9 Å². The summed E-state index contributed by atoms with van der Waals surface area (Å²) in [6.07, 6.45) is 7.16. The van der Waals surface area contributed by atoms with E-state index in [1.165, 1.54) is 58.5 Å². The molecule has 2 heterocycles. The summed E-state index contributed by atoms with van der Waals surface area (Å²) in [5, 5.41) is 3.73. The molecule has 0 radical (unpaired) electrons. The van der Waals surface area contributed by atoms with Gasteiger partial charge in [-0.15, -0.1) is 0 Å². The van der Waals surface area contributed by atoms with Crippen LogP contribution in [-0.2, 0) is 0 Å². The first-order valence-corrected chi connectivity index (χ1v) is 11.0. The lowest BCUT2D eigenvalue weighted by Gasteiger charge is -2.12. The van der Waals surface area contributed by atoms with Crippen molar-refractivity contribution >= 4 is 21.7 Å². The van der Waals surface area contributed by atoms with Crippen LogP contribution in [0.2, 0.25) is 0 Å². The fraction of sp³-hybridized carbons (Fsp3) is 0.370. The summed E-state index contributed by atoms with van der Waals surface area (Å²) in [6.45, 7) is 8.80. The second kappa shape index (κ2) is 7.02. The molecule has 0 aliphatic heterocycles. The van der Waals surface area contributed by atoms with Crippen LogP contribution in [0.25, 0.3) is 33.0 Å². The molecule has 1 fully saturated rings. The molecule has 1 aliphatic rings. The van der Waals surface area contributed by atoms with Gasteiger partial charge < -0.3 is 4.42 Å². The van der Waals surface area contributed by atoms with E-state index in [9.17, 15) is 0 Å². The van der Waals surface area contributed by atoms with Gasteiger partial charge in [-0.3, -0.25) is 4.98 Å². The molecule has 0 amide bonds. The van der Waals surface area contributed by atoms with E-state index in [1.54, 1.807) is 0 Å². The number of hydrogen-bond acceptors (Lipinski definition) is 2. The van der Waals surface area contributed by atoms with Gasteiger partial charge in [-0.2, -0.15) is 0 Å². The molecule has 4 aromatic rings. The Balaban J connectivity index is 1.76. The fourth-order valence-corrected chi connectivity index (χ4v) is 5.15. The molecule has 2 aromatic carbocycles. The predicted octanol–water partition coefficient (Wildman–Crippen LogP) is 8.05. The number of hydrogen-bond donors (Lipinski definition) is 0. The summed E-state index contributed by atoms with van der Waals surface area (Å²) in [5.41, 5.74) is 7.22. The van der Waals surface area contributed by atoms with E-state index in [-0.39, 0.29) is 0 Å². The van der Waals surface area contributed by atoms with E-state index < -0.39 is 0 Å². The molecule has 1 aliphatic carbocycles. The van der Waals surface area contributed by atoms with Gasteiger partial charge >= 0.3 is 0 Å². The van der Waals surface area contributed by atoms with Gasteiger partial charge in [0, 0.05) is 28.1 Å². The number of benzene rings is 2. The molecule has 0 spiro atoms. The zero-order chi connectivity index (χ0) is 20.1. The summed E-state index contributed by atoms with van der Waals surface area (Å²) >= 11 is 0. The molecule has 0 saturated heterocycles. The summed E-state index contributed by atoms with van der Waals surface area (Å²) < 4.78 is 6.42. The number of rotatable bonds is 3. The van der Waals surface area contributed by atoms with Crippen LogP contribution in [0.1, 0.15) is 73.8 Å². The van der Waals surface area contributed by atoms with Crippen LogP contribution < -0.4 is 0 Å². The van der Waals surface area contributed by atoms with Gasteiger partial charge in [0.15, 0.2) is 0 Å². The molecule has 0 bridgehead atoms. The first kappa shape index (κ1) is 18.4. The van der Waals surface area contributed by atoms with Crippen molar-refractivity contribution in [2.75, 3.05) is 0 Å². The van der Waals surface area contributed by atoms with Gasteiger partial charge in [0.1, 0.15) is 11.3 Å². The van der Waals surface area contributed by atoms with Crippen LogP contribution in [0.3, 0.4) is 0 Å². The Hall–Kier alpha value is -2.61. The second-order valence-electron chi connectivity index (χ2n) is 9.04. The van der Waals surface area contributed by atoms with Crippen molar-refractivity contribution in [2.45, 2.75) is 65.2 Å². The van der Waals surface area contributed by atoms with Crippen molar-refractivity contribution in [2.24, 2.45) is 0 Å². The van der Waals surface area contributed by atoms with E-state index in [1.807, 2.05) is 6.20 Å². The molecule has 148 valence electrons. The van der Waals surface area contributed by atoms with Gasteiger partial charge in [0.2, 0.25) is 0 Å². The highest BCUT2D eigenvalue weighted by Crippen LogP contribution is 2.44. The third-order valence-electron chi connectivity index (χ3n) is 6.63. The smallest absolute Gasteiger partial charge is 0.143 e. The Labute approximate surface area is 173 Å². The first-order chi connectivity index (χ1) is 14.0. The number of furan rings is 1. The van der Waals surface area contributed by atoms with Crippen LogP contribution in [-0.4, -0.2) is 4.98 Å². The standard InChI is InChI=1S/C27H29NO/c1-16(2)20-9-10-22-21(15-20)11-12-28-26(22)24-14-17(3)13-23-25(18(4)29-27(23)24)19-7-5-6-8-19/h9-16,19H,5-8H2,1-4H3. The second-order valence-corrected chi connectivity index (χ2v) is 9.04. The third-order valence-corrected chi connectivity index (χ3v) is 6.63. The van der Waals surface area contributed by atoms with Crippen molar-refractivity contribution < 1.29 is 4.42 Å². The molecule has 2 nitrogen and oxygen atoms in total. The summed E-state index contributed by atoms with van der Waals surface area (Å²) in [5.74, 6) is 2.24. The molecule has 2 aromatic heterocycles. The van der Waals surface area contributed by atoms with Crippen molar-refractivity contribution in [3.05, 3.63) is 65.0 Å². The third kappa shape index (κ3) is 3.06. The predicted molar refractivity (Wildman–Crippen MR) is 122 cm³/mol. The molecular formula is C27H29NO. The zero-order valence-electron chi connectivity index (χ0n) is 17.9. The Morgan fingerprint density at radius 1 is 0.966 bits per heavy atom. The van der Waals surface area contributed by atoms with Crippen molar-refractivity contribution in [1.82, 2.24) is 4.98 Å². The molecule has 29 heavy (non-hydrogen) atoms. The summed E-state index contributed by atoms with van der Waals surface area (Å²) in [7, 11) is 0. The maximum atomic E-state index is 6.42. The van der Waals surface area contributed by atoms with Gasteiger partial charge in [-0.25, -0.2) is 0 Å². The van der Waals surface area contributed by atoms with Crippen LogP contribution in [0.5, 0.6) is 0 Å². The fourth-order valence-electron chi connectivity index (χ4n) is 5.15. The van der Waals surface area contributed by atoms with Gasteiger partial charge in [0.25, 0.3) is 0 Å². The molecule has 0 N–H and O–H groups in total. The lowest BCUT2D eigenvalue weighted by atomic mass is 9.92. The highest BCUT2D eigenvalue weighted by molar-refractivity contribution is 6.03. The molecular weight excluding hydrogens is 354 g/mol. The average molecular weight is 384 g/mol. The maximum absolute atomic E-state index is 6.42. The number of aryl methyl sites for hydroxylation is 2. The van der Waals surface area contributed by atoms with Crippen LogP contribution in [0.4, 0.5) is 0 Å². The Kier molecular flexibility index (Phi) is 4.46. The van der Waals surface area contributed by atoms with E-state index in [0.29, 0.717) is 11.8 Å². The number of aromatic nitrogens is 1. The quantitative estimate of drug-likeness (QED) is 0.358. The highest BCUT2D eigenvalue weighted by Gasteiger charge is 2.26. The van der Waals surface area contributed by atoms with Gasteiger partial charge in [0.05, 0.1) is 5.69 Å². The van der Waals surface area contributed by atoms with Crippen molar-refractivity contribution in [1.29, 1.82) is 0 Å². The monoisotopic (exact) mass is 383 g/mol. The average Bonchev–Trinajstić information content (AvgIpc) is 3.33. The first-order valence-electron chi connectivity index (χ1n) is 11.0. The van der Waals surface area contributed by atoms with Crippen LogP contribution >= 0.6 is 0 Å². The minimum Gasteiger partial charge on any atom is -0.460 e. The molecule has 0 atom stereocenters. The largest absolute Gasteiger partial charge is 0.460 e. The maximum Gasteiger partial charge on any atom is 0.143 e. The summed E-state index contributed by atoms with van der Waals surface area (Å²) in [4.78, 5) is 4.82. The number of pyridine rings is 1. The minimum absolute atomic E-state index is 0.517. The van der Waals surface area contributed by atoms with E-state index in [2.05, 4.69) is 64.1 Å². The lowest BCUT2D eigenvalue weighted by molar-refractivity contribution is 0.562. The minimum atomic E-state index is 0.517. The van der Waals surface area contributed by atoms with Crippen LogP contribution in [0.15, 0.2) is 47.0 Å². The zero-order valence-corrected chi connectivity index (χ0v) is 17.9. The number of fused-ring (bicyclic) bond motifs is 2. The molecule has 2 heteroatoms. The van der Waals surface area contributed by atoms with E-state index >= 15 is 0 Å². The Morgan fingerprint density at radius 3 is 2.52 bits per heavy atom. The van der Waals surface area contributed by atoms with Gasteiger partial charge in [-0.05, 0) is 73.2 Å². The SMILES string of the molecule is Cc1cc(-c2nccc3cc(C(C)C)ccc23)c2oc(C)c(C3CCCC3)c2c1. The summed E-state index contributed by atoms with van der Waals surface area (Å²) in [6, 6.07) is 13.4. The van der Waals surface area contributed by atoms with E-state index in [0.717, 1.165) is 22.6 Å².